The van der Waals surface area contributed by atoms with Crippen molar-refractivity contribution in [2.45, 2.75) is 0 Å². The van der Waals surface area contributed by atoms with Crippen LogP contribution in [0.4, 0.5) is 4.79 Å². The van der Waals surface area contributed by atoms with E-state index in [2.05, 4.69) is 25.9 Å². The van der Waals surface area contributed by atoms with Gasteiger partial charge in [-0.2, -0.15) is 0 Å². The molecule has 0 unspecified atom stereocenters. The van der Waals surface area contributed by atoms with Gasteiger partial charge in [0.25, 0.3) is 5.91 Å². The number of carbonyl (C=O) groups is 2. The van der Waals surface area contributed by atoms with Crippen molar-refractivity contribution in [1.29, 1.82) is 0 Å². The van der Waals surface area contributed by atoms with E-state index < -0.39 is 0 Å². The van der Waals surface area contributed by atoms with Gasteiger partial charge in [-0.05, 0) is 24.3 Å². The van der Waals surface area contributed by atoms with Crippen LogP contribution >= 0.6 is 0 Å². The highest BCUT2D eigenvalue weighted by atomic mass is 16.2. The van der Waals surface area contributed by atoms with E-state index in [-0.39, 0.29) is 11.9 Å². The number of benzene rings is 1. The zero-order valence-electron chi connectivity index (χ0n) is 14.3. The van der Waals surface area contributed by atoms with Gasteiger partial charge in [-0.15, -0.1) is 0 Å². The van der Waals surface area contributed by atoms with E-state index in [0.717, 1.165) is 10.9 Å². The number of carbonyl (C=O) groups excluding carboxylic acids is 2. The fourth-order valence-electron chi connectivity index (χ4n) is 2.54. The molecule has 0 aliphatic heterocycles. The van der Waals surface area contributed by atoms with Crippen molar-refractivity contribution in [1.82, 2.24) is 25.9 Å². The highest BCUT2D eigenvalue weighted by Gasteiger charge is 2.14. The van der Waals surface area contributed by atoms with Gasteiger partial charge in [0.2, 0.25) is 0 Å². The summed E-state index contributed by atoms with van der Waals surface area (Å²) in [6.07, 6.45) is 1.69. The lowest BCUT2D eigenvalue weighted by molar-refractivity contribution is 0.0955. The van der Waals surface area contributed by atoms with Crippen LogP contribution in [-0.4, -0.2) is 42.0 Å². The third-order valence-corrected chi connectivity index (χ3v) is 3.81. The first kappa shape index (κ1) is 17.3. The van der Waals surface area contributed by atoms with E-state index >= 15 is 0 Å². The molecule has 0 radical (unpaired) electrons. The predicted octanol–water partition coefficient (Wildman–Crippen LogP) is 1.96. The molecule has 3 N–H and O–H groups in total. The Morgan fingerprint density at radius 2 is 1.73 bits per heavy atom. The Balaban J connectivity index is 1.86. The summed E-state index contributed by atoms with van der Waals surface area (Å²) in [7, 11) is 1.54. The Labute approximate surface area is 150 Å². The van der Waals surface area contributed by atoms with Crippen LogP contribution in [-0.2, 0) is 0 Å². The number of rotatable bonds is 5. The lowest BCUT2D eigenvalue weighted by atomic mass is 10.1. The fraction of sp³-hybridized carbons (Fsp3) is 0.158. The number of fused-ring (bicyclic) bond motifs is 1. The zero-order valence-corrected chi connectivity index (χ0v) is 14.3. The maximum absolute atomic E-state index is 12.7. The van der Waals surface area contributed by atoms with Crippen LogP contribution in [0.15, 0.2) is 54.7 Å². The molecule has 1 aromatic carbocycles. The average molecular weight is 349 g/mol. The molecule has 0 fully saturated rings. The molecule has 2 aromatic heterocycles. The molecule has 0 aliphatic carbocycles. The quantitative estimate of drug-likeness (QED) is 0.614. The normalized spacial score (nSPS) is 10.3. The molecule has 0 spiro atoms. The second-order valence-corrected chi connectivity index (χ2v) is 5.55. The lowest BCUT2D eigenvalue weighted by Gasteiger charge is -2.10. The van der Waals surface area contributed by atoms with Crippen LogP contribution in [0.5, 0.6) is 0 Å². The monoisotopic (exact) mass is 349 g/mol. The summed E-state index contributed by atoms with van der Waals surface area (Å²) < 4.78 is 0. The second-order valence-electron chi connectivity index (χ2n) is 5.55. The first-order valence-corrected chi connectivity index (χ1v) is 8.24. The topological polar surface area (TPSA) is 96.0 Å². The summed E-state index contributed by atoms with van der Waals surface area (Å²) in [6.45, 7) is 0.656. The van der Waals surface area contributed by atoms with E-state index in [9.17, 15) is 9.59 Å². The van der Waals surface area contributed by atoms with Crippen molar-refractivity contribution in [3.05, 3.63) is 60.3 Å². The third-order valence-electron chi connectivity index (χ3n) is 3.81. The molecule has 132 valence electrons. The van der Waals surface area contributed by atoms with Crippen LogP contribution < -0.4 is 16.0 Å². The van der Waals surface area contributed by atoms with Crippen LogP contribution in [0.25, 0.3) is 22.3 Å². The summed E-state index contributed by atoms with van der Waals surface area (Å²) in [5.74, 6) is -0.223. The molecule has 3 aromatic rings. The van der Waals surface area contributed by atoms with Gasteiger partial charge in [-0.25, -0.2) is 9.78 Å². The minimum atomic E-state index is -0.286. The molecule has 7 nitrogen and oxygen atoms in total. The standard InChI is InChI=1S/C19H19N5O2/c1-20-19(26)23-11-10-22-18(25)14-12-17(16-8-4-5-9-21-16)24-15-7-3-2-6-13(14)15/h2-9,12H,10-11H2,1H3,(H,22,25)(H2,20,23,26). The molecule has 0 saturated carbocycles. The molecular formula is C19H19N5O2. The number of nitrogens with zero attached hydrogens (tertiary/aromatic N) is 2. The maximum atomic E-state index is 12.7. The molecule has 0 saturated heterocycles. The predicted molar refractivity (Wildman–Crippen MR) is 99.8 cm³/mol. The number of urea groups is 1. The summed E-state index contributed by atoms with van der Waals surface area (Å²) in [5, 5.41) is 8.67. The Hall–Kier alpha value is -3.48. The van der Waals surface area contributed by atoms with E-state index in [0.29, 0.717) is 30.0 Å². The van der Waals surface area contributed by atoms with E-state index in [1.165, 1.54) is 7.05 Å². The summed E-state index contributed by atoms with van der Waals surface area (Å²) in [5.41, 5.74) is 2.59. The van der Waals surface area contributed by atoms with Crippen LogP contribution in [0.2, 0.25) is 0 Å². The molecule has 3 amide bonds. The largest absolute Gasteiger partial charge is 0.350 e. The van der Waals surface area contributed by atoms with Crippen molar-refractivity contribution in [2.75, 3.05) is 20.1 Å². The zero-order chi connectivity index (χ0) is 18.4. The molecule has 0 bridgehead atoms. The maximum Gasteiger partial charge on any atom is 0.314 e. The van der Waals surface area contributed by atoms with Gasteiger partial charge in [0.05, 0.1) is 22.5 Å². The van der Waals surface area contributed by atoms with Crippen LogP contribution in [0.3, 0.4) is 0 Å². The minimum Gasteiger partial charge on any atom is -0.350 e. The highest BCUT2D eigenvalue weighted by molar-refractivity contribution is 6.07. The number of amides is 3. The van der Waals surface area contributed by atoms with Gasteiger partial charge in [0.1, 0.15) is 0 Å². The first-order chi connectivity index (χ1) is 12.7. The Morgan fingerprint density at radius 1 is 0.962 bits per heavy atom. The Kier molecular flexibility index (Phi) is 5.38. The molecule has 0 atom stereocenters. The third kappa shape index (κ3) is 3.94. The van der Waals surface area contributed by atoms with E-state index in [1.54, 1.807) is 12.3 Å². The number of hydrogen-bond donors (Lipinski definition) is 3. The highest BCUT2D eigenvalue weighted by Crippen LogP contribution is 2.23. The van der Waals surface area contributed by atoms with Crippen LogP contribution in [0, 0.1) is 0 Å². The molecule has 0 aliphatic rings. The van der Waals surface area contributed by atoms with Gasteiger partial charge in [-0.1, -0.05) is 24.3 Å². The molecule has 26 heavy (non-hydrogen) atoms. The van der Waals surface area contributed by atoms with Gasteiger partial charge in [-0.3, -0.25) is 9.78 Å². The summed E-state index contributed by atoms with van der Waals surface area (Å²) >= 11 is 0. The molecule has 7 heteroatoms. The number of aromatic nitrogens is 2. The molecule has 3 rings (SSSR count). The van der Waals surface area contributed by atoms with E-state index in [1.807, 2.05) is 42.5 Å². The van der Waals surface area contributed by atoms with Crippen molar-refractivity contribution in [3.63, 3.8) is 0 Å². The number of pyridine rings is 2. The first-order valence-electron chi connectivity index (χ1n) is 8.24. The summed E-state index contributed by atoms with van der Waals surface area (Å²) in [4.78, 5) is 32.7. The SMILES string of the molecule is CNC(=O)NCCNC(=O)c1cc(-c2ccccn2)nc2ccccc12. The lowest BCUT2D eigenvalue weighted by Crippen LogP contribution is -2.38. The average Bonchev–Trinajstić information content (AvgIpc) is 2.70. The Morgan fingerprint density at radius 3 is 2.50 bits per heavy atom. The smallest absolute Gasteiger partial charge is 0.314 e. The number of nitrogens with one attached hydrogen (secondary N) is 3. The fourth-order valence-corrected chi connectivity index (χ4v) is 2.54. The van der Waals surface area contributed by atoms with E-state index in [4.69, 9.17) is 0 Å². The number of hydrogen-bond acceptors (Lipinski definition) is 4. The molecular weight excluding hydrogens is 330 g/mol. The van der Waals surface area contributed by atoms with Crippen molar-refractivity contribution < 1.29 is 9.59 Å². The van der Waals surface area contributed by atoms with Crippen molar-refractivity contribution >= 4 is 22.8 Å². The Bertz CT molecular complexity index is 928. The van der Waals surface area contributed by atoms with Crippen LogP contribution in [0.1, 0.15) is 10.4 Å². The van der Waals surface area contributed by atoms with Crippen molar-refractivity contribution in [3.8, 4) is 11.4 Å². The summed E-state index contributed by atoms with van der Waals surface area (Å²) in [6, 6.07) is 14.5. The van der Waals surface area contributed by atoms with Gasteiger partial charge >= 0.3 is 6.03 Å². The minimum absolute atomic E-state index is 0.223. The van der Waals surface area contributed by atoms with Crippen molar-refractivity contribution in [2.24, 2.45) is 0 Å². The molecule has 2 heterocycles. The second kappa shape index (κ2) is 8.06. The van der Waals surface area contributed by atoms with Gasteiger partial charge < -0.3 is 16.0 Å². The number of para-hydroxylation sites is 1. The van der Waals surface area contributed by atoms with Gasteiger partial charge in [0.15, 0.2) is 0 Å². The van der Waals surface area contributed by atoms with Gasteiger partial charge in [0, 0.05) is 31.7 Å².